The maximum absolute atomic E-state index is 12.7. The van der Waals surface area contributed by atoms with Crippen molar-refractivity contribution in [1.82, 2.24) is 0 Å². The largest absolute Gasteiger partial charge is 0.506 e. The molecule has 0 amide bonds. The predicted molar refractivity (Wildman–Crippen MR) is 142 cm³/mol. The van der Waals surface area contributed by atoms with Gasteiger partial charge in [0.1, 0.15) is 22.6 Å². The van der Waals surface area contributed by atoms with E-state index in [-0.39, 0.29) is 46.3 Å². The number of aromatic hydroxyl groups is 2. The molecule has 1 atom stereocenters. The highest BCUT2D eigenvalue weighted by atomic mass is 16.5. The highest BCUT2D eigenvalue weighted by Crippen LogP contribution is 2.39. The Bertz CT molecular complexity index is 968. The van der Waals surface area contributed by atoms with Crippen molar-refractivity contribution < 1.29 is 29.3 Å². The van der Waals surface area contributed by atoms with Gasteiger partial charge in [0.05, 0.1) is 13.2 Å². The molecule has 198 valence electrons. The Morgan fingerprint density at radius 2 is 1.25 bits per heavy atom. The van der Waals surface area contributed by atoms with Crippen LogP contribution in [0.15, 0.2) is 36.4 Å². The lowest BCUT2D eigenvalue weighted by atomic mass is 9.98. The lowest BCUT2D eigenvalue weighted by Gasteiger charge is -2.16. The van der Waals surface area contributed by atoms with Gasteiger partial charge < -0.3 is 19.7 Å². The Balaban J connectivity index is 2.09. The number of benzene rings is 2. The van der Waals surface area contributed by atoms with Crippen LogP contribution in [-0.2, 0) is 9.47 Å². The molecule has 0 aliphatic heterocycles. The third-order valence-electron chi connectivity index (χ3n) is 6.53. The van der Waals surface area contributed by atoms with E-state index in [0.717, 1.165) is 44.9 Å². The number of hydrogen-bond donors (Lipinski definition) is 2. The molecule has 0 spiro atoms. The minimum absolute atomic E-state index is 0.0209. The number of rotatable bonds is 16. The van der Waals surface area contributed by atoms with Gasteiger partial charge in [0.2, 0.25) is 0 Å². The van der Waals surface area contributed by atoms with E-state index in [1.165, 1.54) is 31.4 Å². The molecule has 0 bridgehead atoms. The van der Waals surface area contributed by atoms with E-state index < -0.39 is 11.9 Å². The monoisotopic (exact) mass is 498 g/mol. The number of phenolic OH excluding ortho intramolecular Hbond substituents is 2. The van der Waals surface area contributed by atoms with Crippen molar-refractivity contribution in [1.29, 1.82) is 0 Å². The van der Waals surface area contributed by atoms with Crippen molar-refractivity contribution in [3.63, 3.8) is 0 Å². The molecular weight excluding hydrogens is 456 g/mol. The average Bonchev–Trinajstić information content (AvgIpc) is 2.88. The van der Waals surface area contributed by atoms with Crippen LogP contribution in [0.25, 0.3) is 11.1 Å². The van der Waals surface area contributed by atoms with Gasteiger partial charge in [-0.1, -0.05) is 96.4 Å². The number of para-hydroxylation sites is 2. The van der Waals surface area contributed by atoms with Gasteiger partial charge >= 0.3 is 11.9 Å². The molecule has 0 fully saturated rings. The lowest BCUT2D eigenvalue weighted by Crippen LogP contribution is -2.14. The maximum Gasteiger partial charge on any atom is 0.341 e. The van der Waals surface area contributed by atoms with Crippen LogP contribution in [-0.4, -0.2) is 35.4 Å². The van der Waals surface area contributed by atoms with Gasteiger partial charge in [0.15, 0.2) is 0 Å². The molecule has 0 heterocycles. The molecule has 0 aliphatic carbocycles. The van der Waals surface area contributed by atoms with Crippen LogP contribution in [0.5, 0.6) is 11.5 Å². The molecule has 1 unspecified atom stereocenters. The van der Waals surface area contributed by atoms with Gasteiger partial charge in [-0.25, -0.2) is 9.59 Å². The van der Waals surface area contributed by atoms with Gasteiger partial charge in [-0.2, -0.15) is 0 Å². The number of unbranched alkanes of at least 4 members (excludes halogenated alkanes) is 6. The van der Waals surface area contributed by atoms with E-state index in [2.05, 4.69) is 20.8 Å². The molecule has 36 heavy (non-hydrogen) atoms. The van der Waals surface area contributed by atoms with Crippen molar-refractivity contribution in [2.24, 2.45) is 5.92 Å². The SMILES string of the molecule is CCCCCCCCOC(=O)c1cccc(-c2cccc(C(=O)OCC(CC)CCCC)c2O)c1O. The van der Waals surface area contributed by atoms with Gasteiger partial charge in [0.25, 0.3) is 0 Å². The Labute approximate surface area is 215 Å². The summed E-state index contributed by atoms with van der Waals surface area (Å²) in [6.45, 7) is 6.95. The molecule has 2 rings (SSSR count). The van der Waals surface area contributed by atoms with E-state index in [4.69, 9.17) is 9.47 Å². The first-order valence-electron chi connectivity index (χ1n) is 13.4. The van der Waals surface area contributed by atoms with Crippen LogP contribution in [0.1, 0.15) is 106 Å². The van der Waals surface area contributed by atoms with Crippen molar-refractivity contribution >= 4 is 11.9 Å². The van der Waals surface area contributed by atoms with Gasteiger partial charge in [-0.3, -0.25) is 0 Å². The Hall–Kier alpha value is -3.02. The van der Waals surface area contributed by atoms with E-state index >= 15 is 0 Å². The molecule has 6 nitrogen and oxygen atoms in total. The third-order valence-corrected chi connectivity index (χ3v) is 6.53. The first-order valence-corrected chi connectivity index (χ1v) is 13.4. The van der Waals surface area contributed by atoms with Crippen LogP contribution in [0.3, 0.4) is 0 Å². The highest BCUT2D eigenvalue weighted by Gasteiger charge is 2.22. The van der Waals surface area contributed by atoms with Gasteiger partial charge in [0, 0.05) is 11.1 Å². The molecule has 2 aromatic rings. The fraction of sp³-hybridized carbons (Fsp3) is 0.533. The van der Waals surface area contributed by atoms with Crippen molar-refractivity contribution in [3.05, 3.63) is 47.5 Å². The summed E-state index contributed by atoms with van der Waals surface area (Å²) in [6.07, 6.45) is 10.5. The fourth-order valence-corrected chi connectivity index (χ4v) is 4.15. The van der Waals surface area contributed by atoms with Crippen LogP contribution >= 0.6 is 0 Å². The summed E-state index contributed by atoms with van der Waals surface area (Å²) < 4.78 is 10.8. The molecule has 0 radical (unpaired) electrons. The molecule has 0 aromatic heterocycles. The number of esters is 2. The summed E-state index contributed by atoms with van der Waals surface area (Å²) in [5.74, 6) is -1.54. The number of hydrogen-bond acceptors (Lipinski definition) is 6. The quantitative estimate of drug-likeness (QED) is 0.182. The van der Waals surface area contributed by atoms with Crippen LogP contribution < -0.4 is 0 Å². The Morgan fingerprint density at radius 1 is 0.722 bits per heavy atom. The zero-order valence-electron chi connectivity index (χ0n) is 22.1. The van der Waals surface area contributed by atoms with E-state index in [9.17, 15) is 19.8 Å². The zero-order valence-corrected chi connectivity index (χ0v) is 22.1. The summed E-state index contributed by atoms with van der Waals surface area (Å²) >= 11 is 0. The minimum Gasteiger partial charge on any atom is -0.506 e. The number of carbonyl (C=O) groups is 2. The van der Waals surface area contributed by atoms with Crippen LogP contribution in [0, 0.1) is 5.92 Å². The normalized spacial score (nSPS) is 11.8. The number of phenols is 2. The first kappa shape index (κ1) is 29.2. The third kappa shape index (κ3) is 8.58. The highest BCUT2D eigenvalue weighted by molar-refractivity contribution is 5.99. The summed E-state index contributed by atoms with van der Waals surface area (Å²) in [7, 11) is 0. The molecular formula is C30H42O6. The summed E-state index contributed by atoms with van der Waals surface area (Å²) in [6, 6.07) is 9.37. The van der Waals surface area contributed by atoms with E-state index in [1.54, 1.807) is 24.3 Å². The Kier molecular flexibility index (Phi) is 12.9. The van der Waals surface area contributed by atoms with Gasteiger partial charge in [-0.05, 0) is 30.9 Å². The fourth-order valence-electron chi connectivity index (χ4n) is 4.15. The topological polar surface area (TPSA) is 93.1 Å². The van der Waals surface area contributed by atoms with Crippen LogP contribution in [0.2, 0.25) is 0 Å². The summed E-state index contributed by atoms with van der Waals surface area (Å²) in [5, 5.41) is 21.7. The number of carbonyl (C=O) groups excluding carboxylic acids is 2. The second-order valence-electron chi connectivity index (χ2n) is 9.32. The molecule has 0 saturated heterocycles. The lowest BCUT2D eigenvalue weighted by molar-refractivity contribution is 0.0423. The standard InChI is InChI=1S/C30H42O6/c1-4-7-9-10-11-12-20-35-29(33)25-18-13-16-23(27(25)31)24-17-14-19-26(28(24)32)30(34)36-21-22(6-3)15-8-5-2/h13-14,16-19,22,31-32H,4-12,15,20-21H2,1-3H3. The van der Waals surface area contributed by atoms with Crippen molar-refractivity contribution in [3.8, 4) is 22.6 Å². The summed E-state index contributed by atoms with van der Waals surface area (Å²) in [4.78, 5) is 25.3. The Morgan fingerprint density at radius 3 is 1.81 bits per heavy atom. The number of ether oxygens (including phenoxy) is 2. The van der Waals surface area contributed by atoms with E-state index in [0.29, 0.717) is 6.61 Å². The molecule has 2 N–H and O–H groups in total. The second kappa shape index (κ2) is 15.9. The average molecular weight is 499 g/mol. The van der Waals surface area contributed by atoms with Crippen LogP contribution in [0.4, 0.5) is 0 Å². The maximum atomic E-state index is 12.7. The zero-order chi connectivity index (χ0) is 26.3. The van der Waals surface area contributed by atoms with Crippen molar-refractivity contribution in [2.75, 3.05) is 13.2 Å². The minimum atomic E-state index is -0.615. The second-order valence-corrected chi connectivity index (χ2v) is 9.32. The predicted octanol–water partition coefficient (Wildman–Crippen LogP) is 7.66. The molecule has 0 saturated carbocycles. The van der Waals surface area contributed by atoms with Crippen molar-refractivity contribution in [2.45, 2.75) is 85.0 Å². The molecule has 6 heteroatoms. The first-order chi connectivity index (χ1) is 17.4. The van der Waals surface area contributed by atoms with Gasteiger partial charge in [-0.15, -0.1) is 0 Å². The molecule has 0 aliphatic rings. The van der Waals surface area contributed by atoms with E-state index in [1.807, 2.05) is 0 Å². The summed E-state index contributed by atoms with van der Waals surface area (Å²) in [5.41, 5.74) is 0.525. The smallest absolute Gasteiger partial charge is 0.341 e. The molecule has 2 aromatic carbocycles.